The first-order valence-electron chi connectivity index (χ1n) is 9.31. The number of carbonyl (C=O) groups is 1. The largest absolute Gasteiger partial charge is 0.493 e. The highest BCUT2D eigenvalue weighted by Crippen LogP contribution is 2.33. The lowest BCUT2D eigenvalue weighted by molar-refractivity contribution is -0.117. The van der Waals surface area contributed by atoms with Gasteiger partial charge in [0.1, 0.15) is 5.01 Å². The van der Waals surface area contributed by atoms with Crippen molar-refractivity contribution in [2.75, 3.05) is 33.1 Å². The van der Waals surface area contributed by atoms with Crippen molar-refractivity contribution in [1.29, 1.82) is 0 Å². The van der Waals surface area contributed by atoms with Crippen molar-refractivity contribution < 1.29 is 14.3 Å². The van der Waals surface area contributed by atoms with Gasteiger partial charge in [0.15, 0.2) is 11.5 Å². The van der Waals surface area contributed by atoms with Crippen LogP contribution >= 0.6 is 27.3 Å². The Kier molecular flexibility index (Phi) is 7.47. The molecule has 0 bridgehead atoms. The number of anilines is 1. The van der Waals surface area contributed by atoms with E-state index in [1.807, 2.05) is 60.6 Å². The molecule has 0 spiro atoms. The average molecular weight is 490 g/mol. The minimum Gasteiger partial charge on any atom is -0.493 e. The van der Waals surface area contributed by atoms with Crippen molar-refractivity contribution >= 4 is 38.9 Å². The van der Waals surface area contributed by atoms with E-state index >= 15 is 0 Å². The van der Waals surface area contributed by atoms with Crippen LogP contribution in [0.2, 0.25) is 0 Å². The summed E-state index contributed by atoms with van der Waals surface area (Å²) >= 11 is 5.00. The number of ether oxygens (including phenoxy) is 2. The van der Waals surface area contributed by atoms with Crippen LogP contribution in [0.15, 0.2) is 46.3 Å². The van der Waals surface area contributed by atoms with Gasteiger partial charge in [-0.15, -0.1) is 11.3 Å². The average Bonchev–Trinajstić information content (AvgIpc) is 3.17. The Labute approximate surface area is 189 Å². The Morgan fingerprint density at radius 3 is 2.63 bits per heavy atom. The summed E-state index contributed by atoms with van der Waals surface area (Å²) in [4.78, 5) is 19.1. The topological polar surface area (TPSA) is 63.7 Å². The Bertz CT molecular complexity index is 1040. The molecule has 30 heavy (non-hydrogen) atoms. The zero-order valence-corrected chi connectivity index (χ0v) is 19.8. The fourth-order valence-electron chi connectivity index (χ4n) is 3.02. The van der Waals surface area contributed by atoms with Gasteiger partial charge < -0.3 is 14.8 Å². The highest BCUT2D eigenvalue weighted by atomic mass is 79.9. The summed E-state index contributed by atoms with van der Waals surface area (Å²) < 4.78 is 11.7. The molecular formula is C22H24BrN3O3S. The molecule has 0 atom stereocenters. The van der Waals surface area contributed by atoms with Crippen LogP contribution in [-0.4, -0.2) is 43.6 Å². The normalized spacial score (nSPS) is 10.9. The third kappa shape index (κ3) is 5.59. The molecule has 1 heterocycles. The van der Waals surface area contributed by atoms with E-state index in [4.69, 9.17) is 14.5 Å². The molecule has 1 aromatic heterocycles. The predicted molar refractivity (Wildman–Crippen MR) is 124 cm³/mol. The van der Waals surface area contributed by atoms with Gasteiger partial charge in [-0.3, -0.25) is 9.69 Å². The lowest BCUT2D eigenvalue weighted by Gasteiger charge is -2.16. The number of hydrogen-bond donors (Lipinski definition) is 1. The van der Waals surface area contributed by atoms with Crippen molar-refractivity contribution in [2.24, 2.45) is 0 Å². The zero-order chi connectivity index (χ0) is 21.7. The maximum Gasteiger partial charge on any atom is 0.238 e. The highest BCUT2D eigenvalue weighted by molar-refractivity contribution is 9.10. The second-order valence-electron chi connectivity index (χ2n) is 6.89. The van der Waals surface area contributed by atoms with Crippen LogP contribution in [0, 0.1) is 6.92 Å². The van der Waals surface area contributed by atoms with Gasteiger partial charge in [-0.05, 0) is 55.9 Å². The van der Waals surface area contributed by atoms with Gasteiger partial charge in [0.25, 0.3) is 0 Å². The number of rotatable bonds is 8. The number of thiazole rings is 1. The predicted octanol–water partition coefficient (Wildman–Crippen LogP) is 4.97. The second kappa shape index (κ2) is 10.1. The molecule has 0 aliphatic carbocycles. The van der Waals surface area contributed by atoms with E-state index in [-0.39, 0.29) is 12.5 Å². The molecule has 1 N–H and O–H groups in total. The third-order valence-corrected chi connectivity index (χ3v) is 5.92. The van der Waals surface area contributed by atoms with Crippen molar-refractivity contribution in [3.63, 3.8) is 0 Å². The molecule has 0 saturated heterocycles. The molecule has 6 nitrogen and oxygen atoms in total. The SMILES string of the molecule is COc1ccc(-c2nc(CN(C)CC(=O)Nc3ccc(Br)cc3C)cs2)cc1OC. The maximum absolute atomic E-state index is 12.4. The lowest BCUT2D eigenvalue weighted by Crippen LogP contribution is -2.30. The van der Waals surface area contributed by atoms with E-state index < -0.39 is 0 Å². The van der Waals surface area contributed by atoms with Gasteiger partial charge in [-0.1, -0.05) is 15.9 Å². The van der Waals surface area contributed by atoms with E-state index in [1.54, 1.807) is 25.6 Å². The van der Waals surface area contributed by atoms with Crippen LogP contribution in [0.5, 0.6) is 11.5 Å². The molecule has 2 aromatic carbocycles. The van der Waals surface area contributed by atoms with Gasteiger partial charge in [-0.2, -0.15) is 0 Å². The number of aromatic nitrogens is 1. The fourth-order valence-corrected chi connectivity index (χ4v) is 4.30. The van der Waals surface area contributed by atoms with E-state index in [9.17, 15) is 4.79 Å². The Balaban J connectivity index is 1.60. The molecule has 0 radical (unpaired) electrons. The number of carbonyl (C=O) groups excluding carboxylic acids is 1. The smallest absolute Gasteiger partial charge is 0.238 e. The highest BCUT2D eigenvalue weighted by Gasteiger charge is 2.13. The van der Waals surface area contributed by atoms with E-state index in [2.05, 4.69) is 21.2 Å². The quantitative estimate of drug-likeness (QED) is 0.483. The number of nitrogens with one attached hydrogen (secondary N) is 1. The monoisotopic (exact) mass is 489 g/mol. The zero-order valence-electron chi connectivity index (χ0n) is 17.4. The molecule has 3 aromatic rings. The number of hydrogen-bond acceptors (Lipinski definition) is 6. The first-order valence-corrected chi connectivity index (χ1v) is 11.0. The molecular weight excluding hydrogens is 466 g/mol. The summed E-state index contributed by atoms with van der Waals surface area (Å²) in [5, 5.41) is 5.87. The minimum atomic E-state index is -0.0572. The van der Waals surface area contributed by atoms with Gasteiger partial charge >= 0.3 is 0 Å². The van der Waals surface area contributed by atoms with Gasteiger partial charge in [0, 0.05) is 27.6 Å². The van der Waals surface area contributed by atoms with E-state index in [0.29, 0.717) is 18.0 Å². The Morgan fingerprint density at radius 2 is 1.93 bits per heavy atom. The van der Waals surface area contributed by atoms with Crippen LogP contribution in [0.3, 0.4) is 0 Å². The minimum absolute atomic E-state index is 0.0572. The summed E-state index contributed by atoms with van der Waals surface area (Å²) in [6.45, 7) is 2.82. The molecule has 158 valence electrons. The Hall–Kier alpha value is -2.42. The van der Waals surface area contributed by atoms with Crippen molar-refractivity contribution in [2.45, 2.75) is 13.5 Å². The number of halogens is 1. The van der Waals surface area contributed by atoms with Crippen LogP contribution in [0.1, 0.15) is 11.3 Å². The van der Waals surface area contributed by atoms with Crippen LogP contribution in [0.25, 0.3) is 10.6 Å². The Morgan fingerprint density at radius 1 is 1.17 bits per heavy atom. The molecule has 1 amide bonds. The molecule has 0 aliphatic heterocycles. The standard InChI is InChI=1S/C22H24BrN3O3S/c1-14-9-16(23)6-7-18(14)25-21(27)12-26(2)11-17-13-30-22(24-17)15-5-8-19(28-3)20(10-15)29-4/h5-10,13H,11-12H2,1-4H3,(H,25,27). The van der Waals surface area contributed by atoms with Crippen molar-refractivity contribution in [1.82, 2.24) is 9.88 Å². The van der Waals surface area contributed by atoms with Crippen LogP contribution < -0.4 is 14.8 Å². The van der Waals surface area contributed by atoms with Crippen molar-refractivity contribution in [3.8, 4) is 22.1 Å². The number of likely N-dealkylation sites (N-methyl/N-ethyl adjacent to an activating group) is 1. The molecule has 0 saturated carbocycles. The van der Waals surface area contributed by atoms with Gasteiger partial charge in [0.2, 0.25) is 5.91 Å². The summed E-state index contributed by atoms with van der Waals surface area (Å²) in [6, 6.07) is 11.5. The van der Waals surface area contributed by atoms with E-state index in [1.165, 1.54) is 0 Å². The first kappa shape index (κ1) is 22.3. The number of nitrogens with zero attached hydrogens (tertiary/aromatic N) is 2. The molecule has 0 aliphatic rings. The summed E-state index contributed by atoms with van der Waals surface area (Å²) in [7, 11) is 5.14. The second-order valence-corrected chi connectivity index (χ2v) is 8.67. The molecule has 0 unspecified atom stereocenters. The van der Waals surface area contributed by atoms with E-state index in [0.717, 1.165) is 32.0 Å². The number of amides is 1. The number of aryl methyl sites for hydroxylation is 1. The fraction of sp³-hybridized carbons (Fsp3) is 0.273. The van der Waals surface area contributed by atoms with Gasteiger partial charge in [0.05, 0.1) is 26.5 Å². The first-order chi connectivity index (χ1) is 14.4. The third-order valence-electron chi connectivity index (χ3n) is 4.49. The summed E-state index contributed by atoms with van der Waals surface area (Å²) in [5.41, 5.74) is 3.72. The molecule has 3 rings (SSSR count). The maximum atomic E-state index is 12.4. The summed E-state index contributed by atoms with van der Waals surface area (Å²) in [6.07, 6.45) is 0. The number of methoxy groups -OCH3 is 2. The van der Waals surface area contributed by atoms with Crippen LogP contribution in [-0.2, 0) is 11.3 Å². The summed E-state index contributed by atoms with van der Waals surface area (Å²) in [5.74, 6) is 1.30. The van der Waals surface area contributed by atoms with Crippen LogP contribution in [0.4, 0.5) is 5.69 Å². The molecule has 0 fully saturated rings. The number of benzene rings is 2. The lowest BCUT2D eigenvalue weighted by atomic mass is 10.2. The van der Waals surface area contributed by atoms with Gasteiger partial charge in [-0.25, -0.2) is 4.98 Å². The molecule has 8 heteroatoms. The van der Waals surface area contributed by atoms with Crippen molar-refractivity contribution in [3.05, 3.63) is 57.5 Å².